The molecule has 1 atom stereocenters. The van der Waals surface area contributed by atoms with Crippen LogP contribution >= 0.6 is 23.2 Å². The number of non-ortho nitro benzene ring substituents is 1. The Morgan fingerprint density at radius 3 is 2.56 bits per heavy atom. The Bertz CT molecular complexity index is 908. The van der Waals surface area contributed by atoms with Crippen molar-refractivity contribution in [1.29, 1.82) is 0 Å². The fourth-order valence-corrected chi connectivity index (χ4v) is 4.22. The number of hydrogen-bond donors (Lipinski definition) is 1. The second-order valence-corrected chi connectivity index (χ2v) is 7.32. The van der Waals surface area contributed by atoms with Crippen LogP contribution in [0.25, 0.3) is 0 Å². The van der Waals surface area contributed by atoms with E-state index in [0.717, 1.165) is 36.1 Å². The van der Waals surface area contributed by atoms with Crippen LogP contribution in [0.4, 0.5) is 11.4 Å². The van der Waals surface area contributed by atoms with Gasteiger partial charge >= 0.3 is 0 Å². The Morgan fingerprint density at radius 1 is 1.32 bits per heavy atom. The Morgan fingerprint density at radius 2 is 2.00 bits per heavy atom. The van der Waals surface area contributed by atoms with E-state index < -0.39 is 4.92 Å². The first-order chi connectivity index (χ1) is 12.3. The molecule has 1 N–H and O–H groups in total. The van der Waals surface area contributed by atoms with E-state index in [0.29, 0.717) is 5.75 Å². The zero-order valence-corrected chi connectivity index (χ0v) is 14.9. The lowest BCUT2D eigenvalue weighted by molar-refractivity contribution is -0.384. The highest BCUT2D eigenvalue weighted by molar-refractivity contribution is 6.37. The lowest BCUT2D eigenvalue weighted by Crippen LogP contribution is -2.36. The van der Waals surface area contributed by atoms with Crippen molar-refractivity contribution in [1.82, 2.24) is 0 Å². The van der Waals surface area contributed by atoms with Crippen LogP contribution in [-0.2, 0) is 5.41 Å². The summed E-state index contributed by atoms with van der Waals surface area (Å²) in [4.78, 5) is 10.4. The van der Waals surface area contributed by atoms with Crippen LogP contribution < -0.4 is 10.1 Å². The predicted octanol–water partition coefficient (Wildman–Crippen LogP) is 5.85. The molecule has 1 unspecified atom stereocenters. The minimum Gasteiger partial charge on any atom is -0.454 e. The fraction of sp³-hybridized carbons (Fsp3) is 0.333. The Labute approximate surface area is 156 Å². The molecule has 2 aromatic rings. The Kier molecular flexibility index (Phi) is 3.54. The molecule has 25 heavy (non-hydrogen) atoms. The SMILES string of the molecule is [2H]C1Nc2ccc(Oc3c(Cl)cc([N+](=O)[O-])cc3Cl)c(C)c2C12CCC2. The van der Waals surface area contributed by atoms with Crippen molar-refractivity contribution in [3.05, 3.63) is 55.6 Å². The van der Waals surface area contributed by atoms with E-state index in [1.807, 2.05) is 13.0 Å². The molecule has 0 saturated heterocycles. The molecule has 4 rings (SSSR count). The van der Waals surface area contributed by atoms with E-state index in [4.69, 9.17) is 29.3 Å². The first-order valence-electron chi connectivity index (χ1n) is 8.55. The van der Waals surface area contributed by atoms with E-state index in [9.17, 15) is 10.1 Å². The summed E-state index contributed by atoms with van der Waals surface area (Å²) >= 11 is 12.3. The largest absolute Gasteiger partial charge is 0.454 e. The van der Waals surface area contributed by atoms with Gasteiger partial charge in [-0.05, 0) is 43.0 Å². The zero-order chi connectivity index (χ0) is 18.6. The standard InChI is InChI=1S/C18H16Cl2N2O3/c1-10-15(4-3-14-16(10)18(9-21-14)5-2-6-18)25-17-12(19)7-11(22(23)24)8-13(17)20/h3-4,7-8,21H,2,5-6,9H2,1H3/i9D. The summed E-state index contributed by atoms with van der Waals surface area (Å²) in [6.45, 7) is 1.60. The van der Waals surface area contributed by atoms with Crippen LogP contribution in [0.3, 0.4) is 0 Å². The molecule has 0 amide bonds. The highest BCUT2D eigenvalue weighted by Crippen LogP contribution is 2.53. The molecule has 2 aliphatic rings. The minimum atomic E-state index is -0.553. The molecule has 1 aliphatic heterocycles. The van der Waals surface area contributed by atoms with E-state index in [1.165, 1.54) is 12.1 Å². The smallest absolute Gasteiger partial charge is 0.272 e. The number of nitrogens with one attached hydrogen (secondary N) is 1. The molecule has 0 aromatic heterocycles. The average Bonchev–Trinajstić information content (AvgIpc) is 2.85. The van der Waals surface area contributed by atoms with Crippen LogP contribution in [0.2, 0.25) is 10.0 Å². The molecule has 1 saturated carbocycles. The van der Waals surface area contributed by atoms with E-state index in [2.05, 4.69) is 5.32 Å². The molecule has 7 heteroatoms. The normalized spacial score (nSPS) is 20.4. The lowest BCUT2D eigenvalue weighted by atomic mass is 9.64. The van der Waals surface area contributed by atoms with Gasteiger partial charge in [0, 0.05) is 31.1 Å². The summed E-state index contributed by atoms with van der Waals surface area (Å²) in [5.41, 5.74) is 2.68. The summed E-state index contributed by atoms with van der Waals surface area (Å²) in [6.07, 6.45) is 3.07. The molecule has 1 heterocycles. The molecule has 130 valence electrons. The molecule has 1 spiro atoms. The fourth-order valence-electron chi connectivity index (χ4n) is 3.66. The molecule has 0 bridgehead atoms. The number of anilines is 1. The van der Waals surface area contributed by atoms with Gasteiger partial charge in [0.1, 0.15) is 5.75 Å². The molecular formula is C18H16Cl2N2O3. The van der Waals surface area contributed by atoms with Crippen molar-refractivity contribution in [2.75, 3.05) is 11.8 Å². The second-order valence-electron chi connectivity index (χ2n) is 6.51. The number of hydrogen-bond acceptors (Lipinski definition) is 4. The highest BCUT2D eigenvalue weighted by Gasteiger charge is 2.45. The van der Waals surface area contributed by atoms with Gasteiger partial charge in [-0.1, -0.05) is 29.6 Å². The monoisotopic (exact) mass is 379 g/mol. The third-order valence-corrected chi connectivity index (χ3v) is 5.63. The topological polar surface area (TPSA) is 64.4 Å². The summed E-state index contributed by atoms with van der Waals surface area (Å²) in [6, 6.07) is 6.15. The highest BCUT2D eigenvalue weighted by atomic mass is 35.5. The van der Waals surface area contributed by atoms with Crippen molar-refractivity contribution < 1.29 is 11.0 Å². The summed E-state index contributed by atoms with van der Waals surface area (Å²) in [5.74, 6) is 0.779. The van der Waals surface area contributed by atoms with E-state index in [1.54, 1.807) is 6.07 Å². The first kappa shape index (κ1) is 15.3. The quantitative estimate of drug-likeness (QED) is 0.536. The van der Waals surface area contributed by atoms with Crippen molar-refractivity contribution in [3.63, 3.8) is 0 Å². The van der Waals surface area contributed by atoms with Crippen molar-refractivity contribution in [3.8, 4) is 11.5 Å². The summed E-state index contributed by atoms with van der Waals surface area (Å²) in [5, 5.41) is 14.3. The van der Waals surface area contributed by atoms with Gasteiger partial charge in [-0.2, -0.15) is 0 Å². The van der Waals surface area contributed by atoms with Gasteiger partial charge in [-0.15, -0.1) is 0 Å². The molecule has 1 fully saturated rings. The number of nitro benzene ring substituents is 1. The number of ether oxygens (including phenoxy) is 1. The summed E-state index contributed by atoms with van der Waals surface area (Å²) in [7, 11) is 0. The second kappa shape index (κ2) is 5.78. The maximum atomic E-state index is 10.9. The van der Waals surface area contributed by atoms with Gasteiger partial charge < -0.3 is 10.1 Å². The van der Waals surface area contributed by atoms with Crippen LogP contribution in [0.15, 0.2) is 24.3 Å². The third-order valence-electron chi connectivity index (χ3n) is 5.07. The van der Waals surface area contributed by atoms with Crippen LogP contribution in [0, 0.1) is 17.0 Å². The van der Waals surface area contributed by atoms with E-state index >= 15 is 0 Å². The molecule has 0 radical (unpaired) electrons. The van der Waals surface area contributed by atoms with Crippen molar-refractivity contribution in [2.24, 2.45) is 0 Å². The average molecular weight is 380 g/mol. The number of rotatable bonds is 3. The number of halogens is 2. The maximum Gasteiger partial charge on any atom is 0.272 e. The van der Waals surface area contributed by atoms with Crippen molar-refractivity contribution >= 4 is 34.6 Å². The van der Waals surface area contributed by atoms with Gasteiger partial charge in [0.05, 0.1) is 15.0 Å². The van der Waals surface area contributed by atoms with Gasteiger partial charge in [0.15, 0.2) is 5.75 Å². The minimum absolute atomic E-state index is 0.0824. The molecule has 5 nitrogen and oxygen atoms in total. The molecule has 1 aliphatic carbocycles. The van der Waals surface area contributed by atoms with Gasteiger partial charge in [-0.25, -0.2) is 0 Å². The van der Waals surface area contributed by atoms with Gasteiger partial charge in [0.2, 0.25) is 0 Å². The Balaban J connectivity index is 1.75. The maximum absolute atomic E-state index is 10.9. The summed E-state index contributed by atoms with van der Waals surface area (Å²) < 4.78 is 14.3. The number of nitro groups is 1. The van der Waals surface area contributed by atoms with E-state index in [-0.39, 0.29) is 33.4 Å². The van der Waals surface area contributed by atoms with Gasteiger partial charge in [0.25, 0.3) is 5.69 Å². The lowest BCUT2D eigenvalue weighted by Gasteiger charge is -2.39. The number of nitrogens with zero attached hydrogens (tertiary/aromatic N) is 1. The van der Waals surface area contributed by atoms with Crippen LogP contribution in [0.1, 0.15) is 31.8 Å². The molecule has 2 aromatic carbocycles. The Hall–Kier alpha value is -1.98. The third kappa shape index (κ3) is 2.53. The number of benzene rings is 2. The first-order valence-corrected chi connectivity index (χ1v) is 8.73. The van der Waals surface area contributed by atoms with Crippen LogP contribution in [0.5, 0.6) is 11.5 Å². The number of fused-ring (bicyclic) bond motifs is 2. The van der Waals surface area contributed by atoms with Crippen molar-refractivity contribution in [2.45, 2.75) is 31.6 Å². The van der Waals surface area contributed by atoms with Gasteiger partial charge in [-0.3, -0.25) is 10.1 Å². The van der Waals surface area contributed by atoms with Crippen LogP contribution in [-0.4, -0.2) is 11.4 Å². The predicted molar refractivity (Wildman–Crippen MR) is 98.4 cm³/mol. The zero-order valence-electron chi connectivity index (χ0n) is 14.4. The molecular weight excluding hydrogens is 363 g/mol.